The Morgan fingerprint density at radius 1 is 1.21 bits per heavy atom. The molecule has 1 aromatic heterocycles. The van der Waals surface area contributed by atoms with Crippen molar-refractivity contribution in [2.75, 3.05) is 6.54 Å². The van der Waals surface area contributed by atoms with Crippen LogP contribution in [-0.4, -0.2) is 45.2 Å². The number of aromatic amines is 1. The molecule has 2 aliphatic rings. The van der Waals surface area contributed by atoms with E-state index in [9.17, 15) is 14.4 Å². The van der Waals surface area contributed by atoms with Gasteiger partial charge < -0.3 is 10.3 Å². The van der Waals surface area contributed by atoms with Gasteiger partial charge in [-0.25, -0.2) is 4.98 Å². The van der Waals surface area contributed by atoms with Crippen LogP contribution in [0.15, 0.2) is 36.4 Å². The van der Waals surface area contributed by atoms with Crippen LogP contribution < -0.4 is 5.32 Å². The monoisotopic (exact) mass is 380 g/mol. The number of carbonyl (C=O) groups excluding carboxylic acids is 3. The number of rotatable bonds is 6. The first-order chi connectivity index (χ1) is 13.6. The first kappa shape index (κ1) is 18.4. The molecule has 0 unspecified atom stereocenters. The number of benzene rings is 1. The summed E-state index contributed by atoms with van der Waals surface area (Å²) in [6, 6.07) is 7.06. The molecule has 1 aromatic carbocycles. The molecule has 1 saturated heterocycles. The fourth-order valence-corrected chi connectivity index (χ4v) is 4.06. The van der Waals surface area contributed by atoms with Gasteiger partial charge >= 0.3 is 0 Å². The number of nitrogens with zero attached hydrogens (tertiary/aromatic N) is 2. The van der Waals surface area contributed by atoms with E-state index in [2.05, 4.69) is 15.3 Å². The highest BCUT2D eigenvalue weighted by molar-refractivity contribution is 6.08. The maximum atomic E-state index is 12.6. The van der Waals surface area contributed by atoms with E-state index < -0.39 is 6.04 Å². The number of fused-ring (bicyclic) bond motifs is 2. The predicted octanol–water partition coefficient (Wildman–Crippen LogP) is 1.95. The molecule has 2 heterocycles. The average molecular weight is 380 g/mol. The number of amides is 3. The van der Waals surface area contributed by atoms with Gasteiger partial charge in [-0.3, -0.25) is 19.3 Å². The number of allylic oxidation sites excluding steroid dienone is 2. The van der Waals surface area contributed by atoms with Crippen molar-refractivity contribution in [2.45, 2.75) is 38.6 Å². The standard InChI is InChI=1S/C21H24N4O3/c1-13(25-20(27)14-7-2-3-8-15(14)21(25)28)19(26)22-12-6-11-18-23-16-9-4-5-10-17(16)24-18/h2-5,9-10,13-15H,6-8,11-12H2,1H3,(H,22,26)(H,23,24)/t13-,14-,15+/m1/s1. The van der Waals surface area contributed by atoms with Gasteiger partial charge in [0.25, 0.3) is 0 Å². The Labute approximate surface area is 163 Å². The van der Waals surface area contributed by atoms with Gasteiger partial charge in [-0.1, -0.05) is 24.3 Å². The number of aromatic nitrogens is 2. The van der Waals surface area contributed by atoms with Gasteiger partial charge in [-0.05, 0) is 38.3 Å². The largest absolute Gasteiger partial charge is 0.354 e. The van der Waals surface area contributed by atoms with Gasteiger partial charge in [0.05, 0.1) is 22.9 Å². The second-order valence-electron chi connectivity index (χ2n) is 7.47. The minimum Gasteiger partial charge on any atom is -0.354 e. The maximum absolute atomic E-state index is 12.6. The molecule has 0 spiro atoms. The molecule has 3 amide bonds. The van der Waals surface area contributed by atoms with E-state index in [4.69, 9.17) is 0 Å². The third-order valence-corrected chi connectivity index (χ3v) is 5.64. The summed E-state index contributed by atoms with van der Waals surface area (Å²) < 4.78 is 0. The summed E-state index contributed by atoms with van der Waals surface area (Å²) in [4.78, 5) is 46.6. The number of aryl methyl sites for hydroxylation is 1. The summed E-state index contributed by atoms with van der Waals surface area (Å²) in [5.74, 6) is -0.460. The molecule has 146 valence electrons. The van der Waals surface area contributed by atoms with Crippen molar-refractivity contribution in [1.82, 2.24) is 20.2 Å². The molecule has 1 aliphatic heterocycles. The summed E-state index contributed by atoms with van der Waals surface area (Å²) in [5.41, 5.74) is 1.93. The molecule has 1 fully saturated rings. The molecule has 2 N–H and O–H groups in total. The molecule has 3 atom stereocenters. The van der Waals surface area contributed by atoms with E-state index in [1.165, 1.54) is 0 Å². The lowest BCUT2D eigenvalue weighted by atomic mass is 9.85. The topological polar surface area (TPSA) is 95.2 Å². The molecule has 0 saturated carbocycles. The summed E-state index contributed by atoms with van der Waals surface area (Å²) in [6.45, 7) is 2.08. The van der Waals surface area contributed by atoms with Crippen molar-refractivity contribution in [3.63, 3.8) is 0 Å². The Morgan fingerprint density at radius 3 is 2.57 bits per heavy atom. The van der Waals surface area contributed by atoms with E-state index in [0.717, 1.165) is 28.2 Å². The van der Waals surface area contributed by atoms with Crippen LogP contribution in [0.4, 0.5) is 0 Å². The lowest BCUT2D eigenvalue weighted by Crippen LogP contribution is -2.48. The zero-order valence-electron chi connectivity index (χ0n) is 15.9. The summed E-state index contributed by atoms with van der Waals surface area (Å²) in [6.07, 6.45) is 6.47. The highest BCUT2D eigenvalue weighted by Gasteiger charge is 2.49. The number of carbonyl (C=O) groups is 3. The fourth-order valence-electron chi connectivity index (χ4n) is 4.06. The van der Waals surface area contributed by atoms with E-state index in [1.807, 2.05) is 36.4 Å². The smallest absolute Gasteiger partial charge is 0.243 e. The number of para-hydroxylation sites is 2. The Balaban J connectivity index is 1.29. The van der Waals surface area contributed by atoms with Crippen LogP contribution in [-0.2, 0) is 20.8 Å². The van der Waals surface area contributed by atoms with Crippen molar-refractivity contribution >= 4 is 28.8 Å². The molecular weight excluding hydrogens is 356 g/mol. The highest BCUT2D eigenvalue weighted by Crippen LogP contribution is 2.36. The van der Waals surface area contributed by atoms with Crippen molar-refractivity contribution in [2.24, 2.45) is 11.8 Å². The van der Waals surface area contributed by atoms with Gasteiger partial charge in [-0.15, -0.1) is 0 Å². The molecule has 7 nitrogen and oxygen atoms in total. The van der Waals surface area contributed by atoms with Crippen LogP contribution in [0.5, 0.6) is 0 Å². The summed E-state index contributed by atoms with van der Waals surface area (Å²) in [7, 11) is 0. The summed E-state index contributed by atoms with van der Waals surface area (Å²) >= 11 is 0. The van der Waals surface area contributed by atoms with Gasteiger partial charge in [0.1, 0.15) is 11.9 Å². The maximum Gasteiger partial charge on any atom is 0.243 e. The molecule has 2 aromatic rings. The Hall–Kier alpha value is -2.96. The van der Waals surface area contributed by atoms with Crippen molar-refractivity contribution in [1.29, 1.82) is 0 Å². The molecule has 7 heteroatoms. The molecular formula is C21H24N4O3. The normalized spacial score (nSPS) is 22.5. The molecule has 28 heavy (non-hydrogen) atoms. The number of H-pyrrole nitrogens is 1. The van der Waals surface area contributed by atoms with Crippen molar-refractivity contribution in [3.8, 4) is 0 Å². The highest BCUT2D eigenvalue weighted by atomic mass is 16.2. The second kappa shape index (κ2) is 7.58. The first-order valence-corrected chi connectivity index (χ1v) is 9.79. The minimum absolute atomic E-state index is 0.218. The Bertz CT molecular complexity index is 889. The number of imidazole rings is 1. The van der Waals surface area contributed by atoms with Crippen LogP contribution in [0.3, 0.4) is 0 Å². The van der Waals surface area contributed by atoms with Crippen LogP contribution in [0.1, 0.15) is 32.0 Å². The Morgan fingerprint density at radius 2 is 1.89 bits per heavy atom. The minimum atomic E-state index is -0.781. The van der Waals surface area contributed by atoms with E-state index in [0.29, 0.717) is 25.8 Å². The van der Waals surface area contributed by atoms with Crippen LogP contribution >= 0.6 is 0 Å². The van der Waals surface area contributed by atoms with Gasteiger partial charge in [0, 0.05) is 13.0 Å². The second-order valence-corrected chi connectivity index (χ2v) is 7.47. The number of hydrogen-bond donors (Lipinski definition) is 2. The molecule has 0 bridgehead atoms. The van der Waals surface area contributed by atoms with Gasteiger partial charge in [-0.2, -0.15) is 0 Å². The van der Waals surface area contributed by atoms with Crippen LogP contribution in [0.25, 0.3) is 11.0 Å². The average Bonchev–Trinajstić information content (AvgIpc) is 3.23. The lowest BCUT2D eigenvalue weighted by Gasteiger charge is -2.22. The predicted molar refractivity (Wildman–Crippen MR) is 104 cm³/mol. The van der Waals surface area contributed by atoms with E-state index in [-0.39, 0.29) is 29.6 Å². The quantitative estimate of drug-likeness (QED) is 0.455. The first-order valence-electron chi connectivity index (χ1n) is 9.79. The lowest BCUT2D eigenvalue weighted by molar-refractivity contribution is -0.147. The fraction of sp³-hybridized carbons (Fsp3) is 0.429. The molecule has 0 radical (unpaired) electrons. The summed E-state index contributed by atoms with van der Waals surface area (Å²) in [5, 5.41) is 2.84. The van der Waals surface area contributed by atoms with Crippen LogP contribution in [0.2, 0.25) is 0 Å². The van der Waals surface area contributed by atoms with E-state index in [1.54, 1.807) is 6.92 Å². The SMILES string of the molecule is C[C@H](C(=O)NCCCc1nc2ccccc2[nH]1)N1C(=O)[C@H]2CC=CC[C@H]2C1=O. The number of likely N-dealkylation sites (tertiary alicyclic amines) is 1. The zero-order valence-corrected chi connectivity index (χ0v) is 15.9. The molecule has 4 rings (SSSR count). The number of imide groups is 1. The third-order valence-electron chi connectivity index (χ3n) is 5.64. The zero-order chi connectivity index (χ0) is 19.7. The van der Waals surface area contributed by atoms with Gasteiger partial charge in [0.15, 0.2) is 0 Å². The van der Waals surface area contributed by atoms with Crippen molar-refractivity contribution in [3.05, 3.63) is 42.2 Å². The molecule has 1 aliphatic carbocycles. The van der Waals surface area contributed by atoms with Crippen LogP contribution in [0, 0.1) is 11.8 Å². The van der Waals surface area contributed by atoms with E-state index >= 15 is 0 Å². The van der Waals surface area contributed by atoms with Gasteiger partial charge in [0.2, 0.25) is 17.7 Å². The number of nitrogens with one attached hydrogen (secondary N) is 2. The Kier molecular flexibility index (Phi) is 4.98. The number of hydrogen-bond acceptors (Lipinski definition) is 4. The van der Waals surface area contributed by atoms with Crippen molar-refractivity contribution < 1.29 is 14.4 Å². The third kappa shape index (κ3) is 3.32.